The van der Waals surface area contributed by atoms with E-state index in [0.717, 1.165) is 107 Å². The fraction of sp³-hybridized carbons (Fsp3) is 0.233. The van der Waals surface area contributed by atoms with Crippen LogP contribution in [0.5, 0.6) is 0 Å². The molecular formula is C60H66N8O9. The Hall–Kier alpha value is -8.90. The molecule has 17 heteroatoms. The Labute approximate surface area is 449 Å². The van der Waals surface area contributed by atoms with Crippen molar-refractivity contribution in [2.45, 2.75) is 13.1 Å². The minimum Gasteiger partial charge on any atom is -0.478 e. The lowest BCUT2D eigenvalue weighted by Gasteiger charge is -2.28. The van der Waals surface area contributed by atoms with Crippen molar-refractivity contribution in [2.75, 3.05) is 121 Å². The summed E-state index contributed by atoms with van der Waals surface area (Å²) >= 11 is 0. The molecule has 0 radical (unpaired) electrons. The summed E-state index contributed by atoms with van der Waals surface area (Å²) in [6.45, 7) is 11.8. The Morgan fingerprint density at radius 2 is 0.831 bits per heavy atom. The third-order valence-corrected chi connectivity index (χ3v) is 12.7. The van der Waals surface area contributed by atoms with Crippen LogP contribution in [0.25, 0.3) is 0 Å². The van der Waals surface area contributed by atoms with Crippen molar-refractivity contribution in [2.24, 2.45) is 0 Å². The van der Waals surface area contributed by atoms with Crippen molar-refractivity contribution in [1.82, 2.24) is 0 Å². The Morgan fingerprint density at radius 3 is 1.21 bits per heavy atom. The van der Waals surface area contributed by atoms with Gasteiger partial charge in [0.15, 0.2) is 0 Å². The van der Waals surface area contributed by atoms with Crippen LogP contribution in [0.2, 0.25) is 0 Å². The summed E-state index contributed by atoms with van der Waals surface area (Å²) in [5.41, 5.74) is 23.0. The Bertz CT molecular complexity index is 2930. The van der Waals surface area contributed by atoms with Crippen molar-refractivity contribution in [3.63, 3.8) is 0 Å². The first-order valence-electron chi connectivity index (χ1n) is 25.4. The molecule has 1 amide bonds. The van der Waals surface area contributed by atoms with Crippen LogP contribution in [0.15, 0.2) is 170 Å². The largest absolute Gasteiger partial charge is 0.478 e. The topological polar surface area (TPSA) is 234 Å². The average molecular weight is 1040 g/mol. The number of carbonyl (C=O) groups excluding carboxylic acids is 2. The van der Waals surface area contributed by atoms with E-state index in [-0.39, 0.29) is 11.5 Å². The zero-order valence-electron chi connectivity index (χ0n) is 42.9. The van der Waals surface area contributed by atoms with Gasteiger partial charge in [0.1, 0.15) is 6.29 Å². The first kappa shape index (κ1) is 55.8. The minimum atomic E-state index is -0.984. The second-order valence-electron chi connectivity index (χ2n) is 18.0. The predicted molar refractivity (Wildman–Crippen MR) is 305 cm³/mol. The van der Waals surface area contributed by atoms with Crippen LogP contribution in [0.1, 0.15) is 52.6 Å². The molecule has 9 N–H and O–H groups in total. The third-order valence-electron chi connectivity index (χ3n) is 12.7. The molecule has 3 fully saturated rings. The van der Waals surface area contributed by atoms with Gasteiger partial charge in [0.25, 0.3) is 5.91 Å². The van der Waals surface area contributed by atoms with Gasteiger partial charge in [-0.15, -0.1) is 0 Å². The number of carboxylic acid groups (broad SMARTS) is 2. The molecule has 0 bridgehead atoms. The van der Waals surface area contributed by atoms with Crippen LogP contribution in [-0.2, 0) is 27.3 Å². The number of rotatable bonds is 14. The van der Waals surface area contributed by atoms with E-state index < -0.39 is 11.9 Å². The molecule has 7 aromatic carbocycles. The number of carboxylic acids is 2. The van der Waals surface area contributed by atoms with Crippen LogP contribution >= 0.6 is 0 Å². The van der Waals surface area contributed by atoms with E-state index in [1.165, 1.54) is 41.3 Å². The molecule has 3 heterocycles. The van der Waals surface area contributed by atoms with Crippen LogP contribution in [0.3, 0.4) is 0 Å². The van der Waals surface area contributed by atoms with E-state index in [1.807, 2.05) is 60.7 Å². The number of ether oxygens (including phenoxy) is 3. The number of morpholine rings is 3. The normalized spacial score (nSPS) is 13.9. The van der Waals surface area contributed by atoms with Gasteiger partial charge in [0.2, 0.25) is 0 Å². The monoisotopic (exact) mass is 1040 g/mol. The summed E-state index contributed by atoms with van der Waals surface area (Å²) in [5.74, 6) is -2.06. The molecule has 0 aromatic heterocycles. The molecule has 3 aliphatic heterocycles. The number of nitrogen functional groups attached to an aromatic ring is 2. The lowest BCUT2D eigenvalue weighted by atomic mass is 10.1. The number of carbonyl (C=O) groups is 4. The number of hydrogen-bond donors (Lipinski definition) is 7. The minimum absolute atomic E-state index is 0.175. The van der Waals surface area contributed by atoms with E-state index in [4.69, 9.17) is 35.9 Å². The highest BCUT2D eigenvalue weighted by atomic mass is 16.5. The Morgan fingerprint density at radius 1 is 0.468 bits per heavy atom. The van der Waals surface area contributed by atoms with Crippen molar-refractivity contribution < 1.29 is 43.6 Å². The molecule has 17 nitrogen and oxygen atoms in total. The summed E-state index contributed by atoms with van der Waals surface area (Å²) < 4.78 is 16.0. The van der Waals surface area contributed by atoms with Gasteiger partial charge in [-0.1, -0.05) is 48.5 Å². The van der Waals surface area contributed by atoms with Gasteiger partial charge in [-0.2, -0.15) is 0 Å². The van der Waals surface area contributed by atoms with E-state index >= 15 is 0 Å². The van der Waals surface area contributed by atoms with E-state index in [0.29, 0.717) is 47.4 Å². The number of anilines is 8. The van der Waals surface area contributed by atoms with Gasteiger partial charge in [0, 0.05) is 97.6 Å². The maximum atomic E-state index is 12.4. The van der Waals surface area contributed by atoms with Crippen molar-refractivity contribution in [3.8, 4) is 0 Å². The zero-order valence-corrected chi connectivity index (χ0v) is 42.9. The first-order chi connectivity index (χ1) is 37.5. The summed E-state index contributed by atoms with van der Waals surface area (Å²) in [5, 5.41) is 27.0. The van der Waals surface area contributed by atoms with Crippen LogP contribution in [0.4, 0.5) is 45.5 Å². The number of para-hydroxylation sites is 2. The van der Waals surface area contributed by atoms with Gasteiger partial charge in [-0.3, -0.25) is 9.59 Å². The number of aromatic carboxylic acids is 2. The van der Waals surface area contributed by atoms with Crippen molar-refractivity contribution in [3.05, 3.63) is 203 Å². The van der Waals surface area contributed by atoms with Crippen molar-refractivity contribution >= 4 is 69.6 Å². The molecule has 7 aromatic rings. The highest BCUT2D eigenvalue weighted by Crippen LogP contribution is 2.23. The molecule has 3 saturated heterocycles. The lowest BCUT2D eigenvalue weighted by Crippen LogP contribution is -2.36. The van der Waals surface area contributed by atoms with E-state index in [9.17, 15) is 19.2 Å². The number of hydrogen-bond acceptors (Lipinski definition) is 14. The first-order valence-corrected chi connectivity index (χ1v) is 25.4. The van der Waals surface area contributed by atoms with E-state index in [1.54, 1.807) is 24.3 Å². The summed E-state index contributed by atoms with van der Waals surface area (Å²) in [6, 6.07) is 52.2. The van der Waals surface area contributed by atoms with E-state index in [2.05, 4.69) is 91.3 Å². The molecule has 0 spiro atoms. The van der Waals surface area contributed by atoms with Gasteiger partial charge < -0.3 is 66.5 Å². The maximum absolute atomic E-state index is 12.4. The van der Waals surface area contributed by atoms with Crippen LogP contribution in [0, 0.1) is 0 Å². The van der Waals surface area contributed by atoms with Crippen molar-refractivity contribution in [1.29, 1.82) is 0 Å². The molecule has 10 rings (SSSR count). The molecule has 77 heavy (non-hydrogen) atoms. The number of aldehydes is 1. The maximum Gasteiger partial charge on any atom is 0.335 e. The number of nitrogens with zero attached hydrogens (tertiary/aromatic N) is 3. The predicted octanol–water partition coefficient (Wildman–Crippen LogP) is 9.11. The number of amides is 1. The molecular weight excluding hydrogens is 977 g/mol. The number of nitrogens with two attached hydrogens (primary N) is 2. The number of nitrogens with one attached hydrogen (secondary N) is 3. The highest BCUT2D eigenvalue weighted by molar-refractivity contribution is 6.05. The van der Waals surface area contributed by atoms with Gasteiger partial charge in [-0.05, 0) is 132 Å². The van der Waals surface area contributed by atoms with Crippen LogP contribution in [-0.4, -0.2) is 113 Å². The Kier molecular flexibility index (Phi) is 21.2. The summed E-state index contributed by atoms with van der Waals surface area (Å²) in [7, 11) is 0. The average Bonchev–Trinajstić information content (AvgIpc) is 3.48. The molecule has 0 saturated carbocycles. The highest BCUT2D eigenvalue weighted by Gasteiger charge is 2.14. The fourth-order valence-electron chi connectivity index (χ4n) is 8.19. The standard InChI is InChI=1S/C24H26N4O2.C18H20N2O3.C10H14N2O.C8H6O3/c25-22-3-1-2-4-23(22)27-24(29)19-7-5-18(6-8-19)17-26-20-9-11-21(12-10-20)28-13-15-30-16-14-28;21-18(22)15-3-1-14(2-4-15)13-19-16-5-7-17(8-6-16)20-9-11-23-12-10-20;11-9-1-3-10(4-2-9)12-5-7-13-8-6-12;9-5-6-1-3-7(4-2-6)8(10)11/h1-12,26H,13-17,25H2,(H,27,29);1-8,19H,9-13H2,(H,21,22);1-4H,5-8,11H2;1-5H,(H,10,11). The SMILES string of the molecule is Nc1ccc(N2CCOCC2)cc1.Nc1ccccc1NC(=O)c1ccc(CNc2ccc(N3CCOCC3)cc2)cc1.O=C(O)c1ccc(CNc2ccc(N3CCOCC3)cc2)cc1.O=Cc1ccc(C(=O)O)cc1. The second kappa shape index (κ2) is 29.3. The quantitative estimate of drug-likeness (QED) is 0.0397. The van der Waals surface area contributed by atoms with Gasteiger partial charge in [-0.25, -0.2) is 9.59 Å². The second-order valence-corrected chi connectivity index (χ2v) is 18.0. The fourth-order valence-corrected chi connectivity index (χ4v) is 8.19. The summed E-state index contributed by atoms with van der Waals surface area (Å²) in [6.07, 6.45) is 0.672. The molecule has 3 aliphatic rings. The summed E-state index contributed by atoms with van der Waals surface area (Å²) in [4.78, 5) is 50.7. The van der Waals surface area contributed by atoms with Gasteiger partial charge in [0.05, 0.1) is 62.1 Å². The third kappa shape index (κ3) is 17.9. The lowest BCUT2D eigenvalue weighted by molar-refractivity contribution is 0.0686. The number of benzene rings is 7. The molecule has 400 valence electrons. The molecule has 0 unspecified atom stereocenters. The van der Waals surface area contributed by atoms with Crippen LogP contribution < -0.4 is 42.1 Å². The Balaban J connectivity index is 0.000000161. The van der Waals surface area contributed by atoms with Gasteiger partial charge >= 0.3 is 11.9 Å². The molecule has 0 atom stereocenters. The zero-order chi connectivity index (χ0) is 54.2. The molecule has 0 aliphatic carbocycles. The smallest absolute Gasteiger partial charge is 0.335 e.